The third-order valence-corrected chi connectivity index (χ3v) is 5.74. The molecule has 172 valence electrons. The zero-order valence-electron chi connectivity index (χ0n) is 18.8. The van der Waals surface area contributed by atoms with Gasteiger partial charge < -0.3 is 34.9 Å². The predicted molar refractivity (Wildman–Crippen MR) is 128 cm³/mol. The number of hydrogen-bond donors (Lipinski definition) is 3. The number of nitrogens with zero attached hydrogens (tertiary/aromatic N) is 7. The van der Waals surface area contributed by atoms with Crippen molar-refractivity contribution in [2.75, 3.05) is 74.5 Å². The quantitative estimate of drug-likeness (QED) is 0.337. The Morgan fingerprint density at radius 1 is 0.812 bits per heavy atom. The SMILES string of the molecule is CNc1cnc2c(c1)N(CCNCCn1ccnc1)CCN2CCNCCn1ccnc1. The fourth-order valence-electron chi connectivity index (χ4n) is 3.91. The Balaban J connectivity index is 1.26. The van der Waals surface area contributed by atoms with Crippen LogP contribution in [0.25, 0.3) is 0 Å². The van der Waals surface area contributed by atoms with Gasteiger partial charge >= 0.3 is 0 Å². The van der Waals surface area contributed by atoms with Crippen molar-refractivity contribution in [2.45, 2.75) is 13.1 Å². The van der Waals surface area contributed by atoms with Crippen LogP contribution >= 0.6 is 0 Å². The zero-order valence-corrected chi connectivity index (χ0v) is 18.8. The summed E-state index contributed by atoms with van der Waals surface area (Å²) < 4.78 is 4.18. The first kappa shape index (κ1) is 22.1. The second-order valence-corrected chi connectivity index (χ2v) is 7.89. The van der Waals surface area contributed by atoms with Crippen LogP contribution in [0.4, 0.5) is 17.2 Å². The molecule has 0 saturated heterocycles. The lowest BCUT2D eigenvalue weighted by Gasteiger charge is -2.38. The summed E-state index contributed by atoms with van der Waals surface area (Å²) >= 11 is 0. The Morgan fingerprint density at radius 2 is 1.41 bits per heavy atom. The average molecular weight is 439 g/mol. The van der Waals surface area contributed by atoms with Gasteiger partial charge in [0, 0.05) is 97.3 Å². The number of hydrogen-bond acceptors (Lipinski definition) is 8. The summed E-state index contributed by atoms with van der Waals surface area (Å²) in [6, 6.07) is 2.21. The highest BCUT2D eigenvalue weighted by molar-refractivity contribution is 5.73. The topological polar surface area (TPSA) is 91.1 Å². The fourth-order valence-corrected chi connectivity index (χ4v) is 3.91. The van der Waals surface area contributed by atoms with Crippen LogP contribution in [0.2, 0.25) is 0 Å². The maximum Gasteiger partial charge on any atom is 0.152 e. The minimum absolute atomic E-state index is 0.930. The van der Waals surface area contributed by atoms with E-state index in [0.717, 1.165) is 77.0 Å². The number of aromatic nitrogens is 5. The van der Waals surface area contributed by atoms with Crippen LogP contribution in [0.1, 0.15) is 0 Å². The molecule has 1 aliphatic heterocycles. The molecule has 0 bridgehead atoms. The van der Waals surface area contributed by atoms with Gasteiger partial charge in [-0.2, -0.15) is 0 Å². The van der Waals surface area contributed by atoms with Crippen LogP contribution in [-0.2, 0) is 13.1 Å². The minimum atomic E-state index is 0.930. The van der Waals surface area contributed by atoms with Crippen molar-refractivity contribution in [2.24, 2.45) is 0 Å². The van der Waals surface area contributed by atoms with Gasteiger partial charge in [0.05, 0.1) is 30.2 Å². The highest BCUT2D eigenvalue weighted by Gasteiger charge is 2.23. The molecule has 0 amide bonds. The van der Waals surface area contributed by atoms with Crippen LogP contribution in [0.15, 0.2) is 49.7 Å². The Hall–Kier alpha value is -3.11. The monoisotopic (exact) mass is 438 g/mol. The van der Waals surface area contributed by atoms with E-state index in [0.29, 0.717) is 0 Å². The van der Waals surface area contributed by atoms with Crippen LogP contribution in [0.5, 0.6) is 0 Å². The lowest BCUT2D eigenvalue weighted by molar-refractivity contribution is 0.572. The molecule has 1 aliphatic rings. The van der Waals surface area contributed by atoms with Gasteiger partial charge in [0.25, 0.3) is 0 Å². The standard InChI is InChI=1S/C22H34N10/c1-23-20-16-21-22(28-17-20)32(13-7-25-3-9-30-11-5-27-19-30)15-14-31(21)12-6-24-2-8-29-10-4-26-18-29/h4-5,10-11,16-19,23-25H,2-3,6-9,12-15H2,1H3. The smallest absolute Gasteiger partial charge is 0.152 e. The third-order valence-electron chi connectivity index (χ3n) is 5.74. The van der Waals surface area contributed by atoms with Gasteiger partial charge in [-0.05, 0) is 6.07 Å². The molecule has 10 nitrogen and oxygen atoms in total. The summed E-state index contributed by atoms with van der Waals surface area (Å²) in [4.78, 5) is 17.8. The van der Waals surface area contributed by atoms with Gasteiger partial charge in [-0.1, -0.05) is 0 Å². The summed E-state index contributed by atoms with van der Waals surface area (Å²) in [5.41, 5.74) is 2.25. The number of fused-ring (bicyclic) bond motifs is 1. The molecule has 0 unspecified atom stereocenters. The predicted octanol–water partition coefficient (Wildman–Crippen LogP) is 0.722. The van der Waals surface area contributed by atoms with Crippen molar-refractivity contribution >= 4 is 17.2 Å². The molecule has 32 heavy (non-hydrogen) atoms. The Bertz CT molecular complexity index is 909. The van der Waals surface area contributed by atoms with E-state index in [9.17, 15) is 0 Å². The van der Waals surface area contributed by atoms with Crippen LogP contribution in [0.3, 0.4) is 0 Å². The maximum absolute atomic E-state index is 4.79. The fraction of sp³-hybridized carbons (Fsp3) is 0.500. The second-order valence-electron chi connectivity index (χ2n) is 7.89. The first-order chi connectivity index (χ1) is 15.8. The molecule has 0 saturated carbocycles. The normalized spacial score (nSPS) is 13.4. The molecule has 0 spiro atoms. The van der Waals surface area contributed by atoms with E-state index in [1.54, 1.807) is 0 Å². The maximum atomic E-state index is 4.79. The zero-order chi connectivity index (χ0) is 22.0. The lowest BCUT2D eigenvalue weighted by Crippen LogP contribution is -2.46. The van der Waals surface area contributed by atoms with Gasteiger partial charge in [0.1, 0.15) is 0 Å². The molecule has 0 aliphatic carbocycles. The highest BCUT2D eigenvalue weighted by Crippen LogP contribution is 2.32. The Kier molecular flexibility index (Phi) is 7.94. The van der Waals surface area contributed by atoms with Crippen LogP contribution in [-0.4, -0.2) is 83.5 Å². The van der Waals surface area contributed by atoms with E-state index in [4.69, 9.17) is 4.98 Å². The molecular formula is C22H34N10. The number of imidazole rings is 2. The largest absolute Gasteiger partial charge is 0.387 e. The number of rotatable bonds is 13. The molecule has 3 aromatic rings. The van der Waals surface area contributed by atoms with Crippen molar-refractivity contribution in [3.8, 4) is 0 Å². The molecule has 0 atom stereocenters. The summed E-state index contributed by atoms with van der Waals surface area (Å²) in [5.74, 6) is 1.07. The van der Waals surface area contributed by atoms with Crippen molar-refractivity contribution in [1.29, 1.82) is 0 Å². The van der Waals surface area contributed by atoms with Gasteiger partial charge in [0.2, 0.25) is 0 Å². The van der Waals surface area contributed by atoms with Crippen LogP contribution in [0, 0.1) is 0 Å². The summed E-state index contributed by atoms with van der Waals surface area (Å²) in [5, 5.41) is 10.3. The second kappa shape index (κ2) is 11.5. The van der Waals surface area contributed by atoms with E-state index in [-0.39, 0.29) is 0 Å². The van der Waals surface area contributed by atoms with Gasteiger partial charge in [-0.15, -0.1) is 0 Å². The molecule has 3 aromatic heterocycles. The number of anilines is 3. The number of pyridine rings is 1. The lowest BCUT2D eigenvalue weighted by atomic mass is 10.2. The van der Waals surface area contributed by atoms with Gasteiger partial charge in [0.15, 0.2) is 5.82 Å². The van der Waals surface area contributed by atoms with Crippen molar-refractivity contribution < 1.29 is 0 Å². The molecule has 4 heterocycles. The van der Waals surface area contributed by atoms with E-state index in [1.807, 2.05) is 50.7 Å². The minimum Gasteiger partial charge on any atom is -0.387 e. The molecular weight excluding hydrogens is 404 g/mol. The van der Waals surface area contributed by atoms with E-state index < -0.39 is 0 Å². The average Bonchev–Trinajstić information content (AvgIpc) is 3.53. The van der Waals surface area contributed by atoms with Crippen molar-refractivity contribution in [3.05, 3.63) is 49.7 Å². The highest BCUT2D eigenvalue weighted by atomic mass is 15.3. The molecule has 10 heteroatoms. The molecule has 0 fully saturated rings. The summed E-state index contributed by atoms with van der Waals surface area (Å²) in [7, 11) is 1.94. The van der Waals surface area contributed by atoms with E-state index in [2.05, 4.69) is 50.9 Å². The van der Waals surface area contributed by atoms with Crippen molar-refractivity contribution in [3.63, 3.8) is 0 Å². The van der Waals surface area contributed by atoms with Gasteiger partial charge in [-0.3, -0.25) is 0 Å². The van der Waals surface area contributed by atoms with E-state index >= 15 is 0 Å². The molecule has 4 rings (SSSR count). The summed E-state index contributed by atoms with van der Waals surface area (Å²) in [6.07, 6.45) is 13.3. The first-order valence-corrected chi connectivity index (χ1v) is 11.3. The van der Waals surface area contributed by atoms with Crippen molar-refractivity contribution in [1.82, 2.24) is 34.7 Å². The number of nitrogens with one attached hydrogen (secondary N) is 3. The summed E-state index contributed by atoms with van der Waals surface area (Å²) in [6.45, 7) is 9.49. The van der Waals surface area contributed by atoms with Gasteiger partial charge in [-0.25, -0.2) is 15.0 Å². The molecule has 3 N–H and O–H groups in total. The molecule has 0 radical (unpaired) electrons. The molecule has 0 aromatic carbocycles. The van der Waals surface area contributed by atoms with E-state index in [1.165, 1.54) is 5.69 Å². The Labute approximate surface area is 189 Å². The Morgan fingerprint density at radius 3 is 2.00 bits per heavy atom. The first-order valence-electron chi connectivity index (χ1n) is 11.3. The van der Waals surface area contributed by atoms with Crippen LogP contribution < -0.4 is 25.8 Å². The third kappa shape index (κ3) is 5.98.